The zero-order valence-corrected chi connectivity index (χ0v) is 16.0. The molecule has 6 atom stereocenters. The fraction of sp³-hybridized carbons (Fsp3) is 0.857. The third kappa shape index (κ3) is 2.30. The van der Waals surface area contributed by atoms with Crippen LogP contribution in [-0.4, -0.2) is 24.3 Å². The van der Waals surface area contributed by atoms with E-state index in [4.69, 9.17) is 4.74 Å². The lowest BCUT2D eigenvalue weighted by Crippen LogP contribution is -2.61. The Morgan fingerprint density at radius 2 is 1.79 bits per heavy atom. The molecule has 24 heavy (non-hydrogen) atoms. The SMILES string of the molecule is C=C1C(C(=O)OC)[C@]2(C)CC[C@H]3C(C)(C)CCC[C@]3(C)[C@H]2C[C@H]1O. The van der Waals surface area contributed by atoms with Crippen molar-refractivity contribution in [2.75, 3.05) is 7.11 Å². The summed E-state index contributed by atoms with van der Waals surface area (Å²) in [6.45, 7) is 13.6. The third-order valence-corrected chi connectivity index (χ3v) is 8.19. The van der Waals surface area contributed by atoms with Gasteiger partial charge < -0.3 is 9.84 Å². The molecule has 0 bridgehead atoms. The largest absolute Gasteiger partial charge is 0.469 e. The average molecular weight is 334 g/mol. The second-order valence-electron chi connectivity index (χ2n) is 9.78. The molecule has 0 aromatic carbocycles. The summed E-state index contributed by atoms with van der Waals surface area (Å²) in [5, 5.41) is 10.7. The van der Waals surface area contributed by atoms with E-state index in [1.165, 1.54) is 26.4 Å². The molecule has 3 heteroatoms. The van der Waals surface area contributed by atoms with Gasteiger partial charge in [-0.15, -0.1) is 0 Å². The minimum absolute atomic E-state index is 0.151. The Balaban J connectivity index is 2.06. The summed E-state index contributed by atoms with van der Waals surface area (Å²) in [6, 6.07) is 0. The number of carbonyl (C=O) groups excluding carboxylic acids is 1. The van der Waals surface area contributed by atoms with E-state index in [9.17, 15) is 9.90 Å². The van der Waals surface area contributed by atoms with E-state index in [2.05, 4.69) is 34.3 Å². The molecule has 3 aliphatic carbocycles. The number of hydrogen-bond acceptors (Lipinski definition) is 3. The maximum atomic E-state index is 12.6. The van der Waals surface area contributed by atoms with Crippen molar-refractivity contribution in [2.24, 2.45) is 34.0 Å². The van der Waals surface area contributed by atoms with Crippen LogP contribution in [0.15, 0.2) is 12.2 Å². The van der Waals surface area contributed by atoms with Crippen LogP contribution in [-0.2, 0) is 9.53 Å². The maximum absolute atomic E-state index is 12.6. The van der Waals surface area contributed by atoms with Crippen LogP contribution in [0, 0.1) is 34.0 Å². The van der Waals surface area contributed by atoms with Crippen molar-refractivity contribution in [2.45, 2.75) is 72.3 Å². The summed E-state index contributed by atoms with van der Waals surface area (Å²) in [5.74, 6) is 0.407. The number of aliphatic hydroxyl groups excluding tert-OH is 1. The lowest BCUT2D eigenvalue weighted by atomic mass is 9.39. The maximum Gasteiger partial charge on any atom is 0.313 e. The molecule has 3 nitrogen and oxygen atoms in total. The summed E-state index contributed by atoms with van der Waals surface area (Å²) < 4.78 is 5.12. The minimum atomic E-state index is -0.590. The van der Waals surface area contributed by atoms with Gasteiger partial charge >= 0.3 is 5.97 Å². The van der Waals surface area contributed by atoms with Crippen molar-refractivity contribution in [3.63, 3.8) is 0 Å². The van der Waals surface area contributed by atoms with Crippen LogP contribution in [0.5, 0.6) is 0 Å². The highest BCUT2D eigenvalue weighted by atomic mass is 16.5. The quantitative estimate of drug-likeness (QED) is 0.573. The molecule has 0 amide bonds. The van der Waals surface area contributed by atoms with Crippen LogP contribution in [0.2, 0.25) is 0 Å². The summed E-state index contributed by atoms with van der Waals surface area (Å²) in [7, 11) is 1.45. The average Bonchev–Trinajstić information content (AvgIpc) is 2.48. The Morgan fingerprint density at radius 1 is 1.12 bits per heavy atom. The highest BCUT2D eigenvalue weighted by Gasteiger charge is 2.63. The number of rotatable bonds is 1. The summed E-state index contributed by atoms with van der Waals surface area (Å²) in [6.07, 6.45) is 6.06. The van der Waals surface area contributed by atoms with Crippen LogP contribution >= 0.6 is 0 Å². The summed E-state index contributed by atoms with van der Waals surface area (Å²) in [4.78, 5) is 12.6. The van der Waals surface area contributed by atoms with Gasteiger partial charge in [0.1, 0.15) is 0 Å². The van der Waals surface area contributed by atoms with Gasteiger partial charge in [-0.1, -0.05) is 40.7 Å². The number of carbonyl (C=O) groups is 1. The smallest absolute Gasteiger partial charge is 0.313 e. The van der Waals surface area contributed by atoms with E-state index < -0.39 is 6.10 Å². The Morgan fingerprint density at radius 3 is 2.42 bits per heavy atom. The molecule has 0 radical (unpaired) electrons. The first kappa shape index (κ1) is 18.0. The number of ether oxygens (including phenoxy) is 1. The van der Waals surface area contributed by atoms with E-state index in [1.54, 1.807) is 0 Å². The Kier molecular flexibility index (Phi) is 4.18. The minimum Gasteiger partial charge on any atom is -0.469 e. The molecular weight excluding hydrogens is 300 g/mol. The van der Waals surface area contributed by atoms with Gasteiger partial charge in [0, 0.05) is 0 Å². The first-order chi connectivity index (χ1) is 11.1. The molecule has 0 heterocycles. The highest BCUT2D eigenvalue weighted by Crippen LogP contribution is 2.69. The molecule has 136 valence electrons. The Bertz CT molecular complexity index is 551. The molecule has 0 aliphatic heterocycles. The van der Waals surface area contributed by atoms with Crippen LogP contribution in [0.1, 0.15) is 66.2 Å². The molecule has 1 unspecified atom stereocenters. The first-order valence-corrected chi connectivity index (χ1v) is 9.52. The Labute approximate surface area is 146 Å². The molecule has 1 N–H and O–H groups in total. The molecule has 0 saturated heterocycles. The lowest BCUT2D eigenvalue weighted by molar-refractivity contribution is -0.182. The van der Waals surface area contributed by atoms with Gasteiger partial charge in [-0.2, -0.15) is 0 Å². The zero-order chi connectivity index (χ0) is 17.9. The summed E-state index contributed by atoms with van der Waals surface area (Å²) >= 11 is 0. The van der Waals surface area contributed by atoms with E-state index in [1.807, 2.05) is 0 Å². The Hall–Kier alpha value is -0.830. The monoisotopic (exact) mass is 334 g/mol. The molecule has 3 aliphatic rings. The van der Waals surface area contributed by atoms with Gasteiger partial charge in [0.15, 0.2) is 0 Å². The van der Waals surface area contributed by atoms with Gasteiger partial charge in [0.05, 0.1) is 19.1 Å². The van der Waals surface area contributed by atoms with E-state index in [0.29, 0.717) is 22.8 Å². The van der Waals surface area contributed by atoms with Gasteiger partial charge in [-0.25, -0.2) is 0 Å². The predicted molar refractivity (Wildman–Crippen MR) is 95.3 cm³/mol. The number of hydrogen-bond donors (Lipinski definition) is 1. The standard InChI is InChI=1S/C21H34O3/c1-13-14(22)12-16-20(4)10-7-9-19(2,3)15(20)8-11-21(16,5)17(13)18(23)24-6/h14-17,22H,1,7-12H2,2-6H3/t14-,15+,16-,17?,20+,21-/m1/s1. The second kappa shape index (κ2) is 5.59. The van der Waals surface area contributed by atoms with Crippen molar-refractivity contribution >= 4 is 5.97 Å². The third-order valence-electron chi connectivity index (χ3n) is 8.19. The van der Waals surface area contributed by atoms with Crippen LogP contribution in [0.25, 0.3) is 0 Å². The number of methoxy groups -OCH3 is 1. The van der Waals surface area contributed by atoms with E-state index >= 15 is 0 Å². The van der Waals surface area contributed by atoms with Crippen LogP contribution < -0.4 is 0 Å². The van der Waals surface area contributed by atoms with E-state index in [0.717, 1.165) is 19.3 Å². The molecule has 0 spiro atoms. The van der Waals surface area contributed by atoms with Crippen molar-refractivity contribution in [3.8, 4) is 0 Å². The zero-order valence-electron chi connectivity index (χ0n) is 16.0. The van der Waals surface area contributed by atoms with Crippen LogP contribution in [0.4, 0.5) is 0 Å². The number of fused-ring (bicyclic) bond motifs is 3. The normalized spacial score (nSPS) is 47.5. The molecule has 3 rings (SSSR count). The fourth-order valence-electron chi connectivity index (χ4n) is 7.10. The van der Waals surface area contributed by atoms with Crippen LogP contribution in [0.3, 0.4) is 0 Å². The van der Waals surface area contributed by atoms with E-state index in [-0.39, 0.29) is 22.7 Å². The molecule has 0 aromatic rings. The van der Waals surface area contributed by atoms with Crippen molar-refractivity contribution in [1.29, 1.82) is 0 Å². The number of esters is 1. The number of aliphatic hydroxyl groups is 1. The molecule has 3 saturated carbocycles. The van der Waals surface area contributed by atoms with Gasteiger partial charge in [-0.05, 0) is 65.8 Å². The van der Waals surface area contributed by atoms with Crippen molar-refractivity contribution in [1.82, 2.24) is 0 Å². The summed E-state index contributed by atoms with van der Waals surface area (Å²) in [5.41, 5.74) is 1.04. The lowest BCUT2D eigenvalue weighted by Gasteiger charge is -2.65. The predicted octanol–water partition coefficient (Wildman–Crippen LogP) is 4.35. The highest BCUT2D eigenvalue weighted by molar-refractivity contribution is 5.77. The topological polar surface area (TPSA) is 46.5 Å². The second-order valence-corrected chi connectivity index (χ2v) is 9.78. The van der Waals surface area contributed by atoms with Gasteiger partial charge in [0.25, 0.3) is 0 Å². The molecule has 0 aromatic heterocycles. The molecular formula is C21H34O3. The fourth-order valence-corrected chi connectivity index (χ4v) is 7.10. The van der Waals surface area contributed by atoms with Crippen molar-refractivity contribution < 1.29 is 14.6 Å². The van der Waals surface area contributed by atoms with Gasteiger partial charge in [0.2, 0.25) is 0 Å². The molecule has 3 fully saturated rings. The van der Waals surface area contributed by atoms with Gasteiger partial charge in [-0.3, -0.25) is 4.79 Å². The first-order valence-electron chi connectivity index (χ1n) is 9.52. The van der Waals surface area contributed by atoms with Crippen molar-refractivity contribution in [3.05, 3.63) is 12.2 Å².